The predicted molar refractivity (Wildman–Crippen MR) is 109 cm³/mol. The van der Waals surface area contributed by atoms with Crippen molar-refractivity contribution in [2.45, 2.75) is 37.5 Å². The van der Waals surface area contributed by atoms with Gasteiger partial charge in [0.05, 0.1) is 12.9 Å². The molecule has 0 amide bonds. The van der Waals surface area contributed by atoms with Crippen LogP contribution in [0.3, 0.4) is 0 Å². The van der Waals surface area contributed by atoms with Gasteiger partial charge in [-0.05, 0) is 47.2 Å². The molecule has 4 N–H and O–H groups in total. The number of fused-ring (bicyclic) bond motifs is 1. The number of aliphatic hydroxyl groups excluding tert-OH is 2. The summed E-state index contributed by atoms with van der Waals surface area (Å²) < 4.78 is 8.35. The molecular weight excluding hydrogens is 477 g/mol. The maximum atomic E-state index is 10.5. The Kier molecular flexibility index (Phi) is 5.22. The van der Waals surface area contributed by atoms with Gasteiger partial charge in [-0.1, -0.05) is 12.1 Å². The van der Waals surface area contributed by atoms with Gasteiger partial charge in [0.2, 0.25) is 0 Å². The Bertz CT molecular complexity index is 995. The molecule has 3 heterocycles. The van der Waals surface area contributed by atoms with Gasteiger partial charge in [0.1, 0.15) is 24.1 Å². The smallest absolute Gasteiger partial charge is 0.167 e. The van der Waals surface area contributed by atoms with Crippen molar-refractivity contribution in [3.05, 3.63) is 46.1 Å². The third-order valence-corrected chi connectivity index (χ3v) is 5.64. The van der Waals surface area contributed by atoms with Crippen molar-refractivity contribution in [2.75, 3.05) is 11.9 Å². The average Bonchev–Trinajstić information content (AvgIpc) is 3.20. The highest BCUT2D eigenvalue weighted by atomic mass is 127. The molecule has 0 radical (unpaired) electrons. The molecule has 1 aliphatic heterocycles. The van der Waals surface area contributed by atoms with Crippen molar-refractivity contribution in [1.82, 2.24) is 19.5 Å². The van der Waals surface area contributed by atoms with Gasteiger partial charge >= 0.3 is 0 Å². The number of hydrogen-bond acceptors (Lipinski definition) is 8. The van der Waals surface area contributed by atoms with E-state index in [0.29, 0.717) is 23.5 Å². The van der Waals surface area contributed by atoms with Crippen molar-refractivity contribution in [1.29, 1.82) is 0 Å². The van der Waals surface area contributed by atoms with Crippen LogP contribution in [-0.2, 0) is 11.3 Å². The van der Waals surface area contributed by atoms with E-state index in [1.54, 1.807) is 4.57 Å². The largest absolute Gasteiger partial charge is 0.394 e. The summed E-state index contributed by atoms with van der Waals surface area (Å²) in [5.41, 5.74) is 0.498. The lowest BCUT2D eigenvalue weighted by molar-refractivity contribution is -0.0804. The van der Waals surface area contributed by atoms with Gasteiger partial charge in [-0.25, -0.2) is 15.0 Å². The monoisotopic (exact) mass is 497 g/mol. The third kappa shape index (κ3) is 3.35. The summed E-state index contributed by atoms with van der Waals surface area (Å²) in [5, 5.41) is 33.6. The highest BCUT2D eigenvalue weighted by Crippen LogP contribution is 2.38. The number of rotatable bonds is 5. The minimum atomic E-state index is -1.59. The van der Waals surface area contributed by atoms with Gasteiger partial charge in [0.25, 0.3) is 0 Å². The molecule has 1 aliphatic rings. The lowest BCUT2D eigenvalue weighted by Crippen LogP contribution is -2.46. The Labute approximate surface area is 174 Å². The quantitative estimate of drug-likeness (QED) is 0.386. The van der Waals surface area contributed by atoms with E-state index in [0.717, 1.165) is 9.13 Å². The molecule has 4 rings (SSSR count). The number of halogens is 1. The summed E-state index contributed by atoms with van der Waals surface area (Å²) >= 11 is 2.26. The number of imidazole rings is 1. The molecule has 0 aliphatic carbocycles. The van der Waals surface area contributed by atoms with Gasteiger partial charge in [0, 0.05) is 10.1 Å². The fourth-order valence-electron chi connectivity index (χ4n) is 3.31. The summed E-state index contributed by atoms with van der Waals surface area (Å²) in [5.74, 6) is 0.556. The first-order chi connectivity index (χ1) is 13.4. The molecule has 0 unspecified atom stereocenters. The van der Waals surface area contributed by atoms with Crippen molar-refractivity contribution < 1.29 is 20.1 Å². The van der Waals surface area contributed by atoms with Gasteiger partial charge in [-0.15, -0.1) is 0 Å². The maximum absolute atomic E-state index is 10.5. The number of benzene rings is 1. The second-order valence-corrected chi connectivity index (χ2v) is 8.14. The number of ether oxygens (including phenoxy) is 1. The zero-order valence-corrected chi connectivity index (χ0v) is 17.2. The van der Waals surface area contributed by atoms with Crippen LogP contribution >= 0.6 is 22.6 Å². The average molecular weight is 497 g/mol. The van der Waals surface area contributed by atoms with E-state index in [1.165, 1.54) is 19.6 Å². The van der Waals surface area contributed by atoms with E-state index < -0.39 is 30.6 Å². The van der Waals surface area contributed by atoms with Crippen molar-refractivity contribution >= 4 is 39.6 Å². The SMILES string of the molecule is C[C@@]1(O)[C@@H](CO)O[C@@H](n2cnc3c(NCc4cccc(I)c4)ncnc32)[C@@H]1O. The van der Waals surface area contributed by atoms with E-state index in [9.17, 15) is 15.3 Å². The first-order valence-electron chi connectivity index (χ1n) is 8.74. The van der Waals surface area contributed by atoms with Crippen LogP contribution in [0.4, 0.5) is 5.82 Å². The van der Waals surface area contributed by atoms with Crippen molar-refractivity contribution in [3.8, 4) is 0 Å². The molecule has 148 valence electrons. The van der Waals surface area contributed by atoms with Crippen molar-refractivity contribution in [2.24, 2.45) is 0 Å². The van der Waals surface area contributed by atoms with E-state index in [-0.39, 0.29) is 0 Å². The van der Waals surface area contributed by atoms with E-state index in [1.807, 2.05) is 18.2 Å². The van der Waals surface area contributed by atoms with E-state index in [4.69, 9.17) is 4.74 Å². The standard InChI is InChI=1S/C18H20IN5O4/c1-18(27)12(7-25)28-17(14(18)26)24-9-23-13-15(21-8-22-16(13)24)20-6-10-3-2-4-11(19)5-10/h2-5,8-9,12,14,17,25-27H,6-7H2,1H3,(H,20,21,22)/t12-,14+,17-,18-/m1/s1. The second kappa shape index (κ2) is 7.52. The normalized spacial score (nSPS) is 27.4. The summed E-state index contributed by atoms with van der Waals surface area (Å²) in [7, 11) is 0. The molecule has 1 saturated heterocycles. The maximum Gasteiger partial charge on any atom is 0.167 e. The highest BCUT2D eigenvalue weighted by Gasteiger charge is 2.52. The van der Waals surface area contributed by atoms with Crippen LogP contribution in [0.15, 0.2) is 36.9 Å². The molecule has 0 spiro atoms. The summed E-state index contributed by atoms with van der Waals surface area (Å²) in [6.07, 6.45) is -0.194. The number of anilines is 1. The number of aromatic nitrogens is 4. The molecule has 4 atom stereocenters. The fourth-order valence-corrected chi connectivity index (χ4v) is 3.91. The van der Waals surface area contributed by atoms with Crippen LogP contribution in [0.2, 0.25) is 0 Å². The molecule has 28 heavy (non-hydrogen) atoms. The first kappa shape index (κ1) is 19.5. The van der Waals surface area contributed by atoms with Crippen LogP contribution in [0.25, 0.3) is 11.2 Å². The van der Waals surface area contributed by atoms with E-state index in [2.05, 4.69) is 48.9 Å². The Balaban J connectivity index is 1.62. The third-order valence-electron chi connectivity index (χ3n) is 4.97. The summed E-state index contributed by atoms with van der Waals surface area (Å²) in [6, 6.07) is 8.11. The van der Waals surface area contributed by atoms with E-state index >= 15 is 0 Å². The first-order valence-corrected chi connectivity index (χ1v) is 9.82. The van der Waals surface area contributed by atoms with Gasteiger partial charge in [0.15, 0.2) is 23.2 Å². The number of nitrogens with zero attached hydrogens (tertiary/aromatic N) is 4. The Morgan fingerprint density at radius 3 is 2.86 bits per heavy atom. The molecule has 0 saturated carbocycles. The molecular formula is C18H20IN5O4. The molecule has 0 bridgehead atoms. The molecule has 2 aromatic heterocycles. The predicted octanol–water partition coefficient (Wildman–Crippen LogP) is 1.04. The lowest BCUT2D eigenvalue weighted by atomic mass is 9.95. The zero-order chi connectivity index (χ0) is 19.9. The van der Waals surface area contributed by atoms with Gasteiger partial charge in [-0.3, -0.25) is 4.57 Å². The number of nitrogens with one attached hydrogen (secondary N) is 1. The second-order valence-electron chi connectivity index (χ2n) is 6.90. The molecule has 9 nitrogen and oxygen atoms in total. The minimum Gasteiger partial charge on any atom is -0.394 e. The molecule has 1 fully saturated rings. The molecule has 1 aromatic carbocycles. The van der Waals surface area contributed by atoms with Gasteiger partial charge < -0.3 is 25.4 Å². The Morgan fingerprint density at radius 2 is 2.14 bits per heavy atom. The topological polar surface area (TPSA) is 126 Å². The Morgan fingerprint density at radius 1 is 1.32 bits per heavy atom. The molecule has 10 heteroatoms. The zero-order valence-electron chi connectivity index (χ0n) is 15.0. The Hall–Kier alpha value is -1.86. The van der Waals surface area contributed by atoms with Crippen LogP contribution in [0.1, 0.15) is 18.7 Å². The fraction of sp³-hybridized carbons (Fsp3) is 0.389. The minimum absolute atomic E-state index is 0.412. The summed E-state index contributed by atoms with van der Waals surface area (Å²) in [6.45, 7) is 1.59. The van der Waals surface area contributed by atoms with Crippen LogP contribution in [-0.4, -0.2) is 59.3 Å². The molecule has 3 aromatic rings. The van der Waals surface area contributed by atoms with Crippen molar-refractivity contribution in [3.63, 3.8) is 0 Å². The van der Waals surface area contributed by atoms with Gasteiger partial charge in [-0.2, -0.15) is 0 Å². The van der Waals surface area contributed by atoms with Crippen LogP contribution < -0.4 is 5.32 Å². The van der Waals surface area contributed by atoms with Crippen LogP contribution in [0.5, 0.6) is 0 Å². The number of hydrogen-bond donors (Lipinski definition) is 4. The highest BCUT2D eigenvalue weighted by molar-refractivity contribution is 14.1. The number of aliphatic hydroxyl groups is 3. The van der Waals surface area contributed by atoms with Crippen LogP contribution in [0, 0.1) is 3.57 Å². The lowest BCUT2D eigenvalue weighted by Gasteiger charge is -2.25. The summed E-state index contributed by atoms with van der Waals surface area (Å²) in [4.78, 5) is 12.9.